The first-order chi connectivity index (χ1) is 15.9. The molecule has 9 heteroatoms. The molecule has 0 saturated carbocycles. The van der Waals surface area contributed by atoms with Gasteiger partial charge in [0.25, 0.3) is 5.91 Å². The number of aliphatic hydroxyl groups is 1. The zero-order valence-electron chi connectivity index (χ0n) is 18.2. The van der Waals surface area contributed by atoms with Gasteiger partial charge in [0.05, 0.1) is 25.8 Å². The molecule has 1 N–H and O–H groups in total. The predicted molar refractivity (Wildman–Crippen MR) is 125 cm³/mol. The largest absolute Gasteiger partial charge is 0.503 e. The van der Waals surface area contributed by atoms with Crippen LogP contribution in [0.2, 0.25) is 0 Å². The third kappa shape index (κ3) is 4.22. The fraction of sp³-hybridized carbons (Fsp3) is 0.167. The molecule has 1 aromatic heterocycles. The third-order valence-electron chi connectivity index (χ3n) is 5.15. The van der Waals surface area contributed by atoms with Crippen molar-refractivity contribution >= 4 is 34.2 Å². The summed E-state index contributed by atoms with van der Waals surface area (Å²) in [5, 5.41) is 19.7. The highest BCUT2D eigenvalue weighted by Gasteiger charge is 2.45. The number of allylic oxidation sites excluding steroid dienone is 1. The molecule has 0 spiro atoms. The molecule has 8 nitrogen and oxygen atoms in total. The topological polar surface area (TPSA) is 102 Å². The summed E-state index contributed by atoms with van der Waals surface area (Å²) in [6.45, 7) is 1.76. The molecule has 33 heavy (non-hydrogen) atoms. The molecular weight excluding hydrogens is 442 g/mol. The van der Waals surface area contributed by atoms with Crippen molar-refractivity contribution in [2.45, 2.75) is 13.0 Å². The van der Waals surface area contributed by atoms with Crippen molar-refractivity contribution in [2.75, 3.05) is 19.1 Å². The number of amides is 1. The molecule has 0 saturated heterocycles. The molecule has 0 bridgehead atoms. The van der Waals surface area contributed by atoms with E-state index in [1.54, 1.807) is 31.2 Å². The number of nitrogens with zero attached hydrogens (tertiary/aromatic N) is 3. The lowest BCUT2D eigenvalue weighted by Gasteiger charge is -2.24. The predicted octanol–water partition coefficient (Wildman–Crippen LogP) is 4.05. The highest BCUT2D eigenvalue weighted by Crippen LogP contribution is 2.43. The van der Waals surface area contributed by atoms with Gasteiger partial charge in [0.2, 0.25) is 5.13 Å². The van der Waals surface area contributed by atoms with Crippen LogP contribution in [-0.2, 0) is 9.59 Å². The lowest BCUT2D eigenvalue weighted by atomic mass is 9.95. The van der Waals surface area contributed by atoms with Crippen molar-refractivity contribution in [3.05, 3.63) is 82.1 Å². The Morgan fingerprint density at radius 3 is 2.45 bits per heavy atom. The van der Waals surface area contributed by atoms with Crippen LogP contribution in [0, 0.1) is 6.92 Å². The second kappa shape index (κ2) is 9.25. The van der Waals surface area contributed by atoms with Crippen molar-refractivity contribution in [3.8, 4) is 11.5 Å². The van der Waals surface area contributed by atoms with Crippen LogP contribution in [0.3, 0.4) is 0 Å². The minimum atomic E-state index is -0.919. The van der Waals surface area contributed by atoms with E-state index in [4.69, 9.17) is 9.47 Å². The van der Waals surface area contributed by atoms with Crippen LogP contribution >= 0.6 is 11.3 Å². The fourth-order valence-corrected chi connectivity index (χ4v) is 4.32. The zero-order chi connectivity index (χ0) is 23.5. The molecule has 0 aliphatic carbocycles. The van der Waals surface area contributed by atoms with Crippen molar-refractivity contribution in [3.63, 3.8) is 0 Å². The Kier molecular flexibility index (Phi) is 6.23. The number of carbonyl (C=O) groups is 2. The summed E-state index contributed by atoms with van der Waals surface area (Å²) in [5.74, 6) is -0.913. The van der Waals surface area contributed by atoms with Gasteiger partial charge >= 0.3 is 0 Å². The smallest absolute Gasteiger partial charge is 0.296 e. The second-order valence-corrected chi connectivity index (χ2v) is 8.33. The second-order valence-electron chi connectivity index (χ2n) is 7.17. The number of anilines is 1. The first-order valence-electron chi connectivity index (χ1n) is 10.0. The molecule has 168 valence electrons. The number of hydrogen-bond acceptors (Lipinski definition) is 8. The monoisotopic (exact) mass is 463 g/mol. The molecule has 1 aliphatic heterocycles. The molecule has 0 radical (unpaired) electrons. The number of carbonyl (C=O) groups excluding carboxylic acids is 2. The quantitative estimate of drug-likeness (QED) is 0.528. The van der Waals surface area contributed by atoms with Gasteiger partial charge in [-0.3, -0.25) is 14.5 Å². The van der Waals surface area contributed by atoms with Crippen molar-refractivity contribution in [1.29, 1.82) is 0 Å². The Morgan fingerprint density at radius 1 is 1.09 bits per heavy atom. The van der Waals surface area contributed by atoms with E-state index in [2.05, 4.69) is 10.2 Å². The van der Waals surface area contributed by atoms with Gasteiger partial charge in [0, 0.05) is 0 Å². The molecule has 1 amide bonds. The molecule has 1 aliphatic rings. The van der Waals surface area contributed by atoms with Gasteiger partial charge in [-0.05, 0) is 36.3 Å². The van der Waals surface area contributed by atoms with Crippen LogP contribution in [-0.4, -0.2) is 41.2 Å². The normalized spacial score (nSPS) is 16.0. The first kappa shape index (κ1) is 22.2. The van der Waals surface area contributed by atoms with E-state index in [-0.39, 0.29) is 10.7 Å². The highest BCUT2D eigenvalue weighted by atomic mass is 32.1. The number of rotatable bonds is 7. The molecule has 2 heterocycles. The Labute approximate surface area is 194 Å². The third-order valence-corrected chi connectivity index (χ3v) is 5.98. The summed E-state index contributed by atoms with van der Waals surface area (Å²) >= 11 is 1.19. The van der Waals surface area contributed by atoms with E-state index < -0.39 is 23.5 Å². The number of ketones is 1. The Bertz CT molecular complexity index is 1270. The lowest BCUT2D eigenvalue weighted by Crippen LogP contribution is -2.30. The van der Waals surface area contributed by atoms with Crippen molar-refractivity contribution in [1.82, 2.24) is 10.2 Å². The van der Waals surface area contributed by atoms with E-state index in [0.29, 0.717) is 22.1 Å². The standard InChI is InChI=1S/C24H21N3O5S/c1-14-25-26-24(33-14)27-21(16-10-12-18(31-2)19(13-16)32-3)20(22(29)23(27)30)17(28)11-9-15-7-5-4-6-8-15/h4-13,21,29H,1-3H3. The maximum Gasteiger partial charge on any atom is 0.296 e. The van der Waals surface area contributed by atoms with Crippen LogP contribution in [0.4, 0.5) is 5.13 Å². The van der Waals surface area contributed by atoms with E-state index >= 15 is 0 Å². The van der Waals surface area contributed by atoms with Gasteiger partial charge in [-0.25, -0.2) is 0 Å². The zero-order valence-corrected chi connectivity index (χ0v) is 19.0. The Hall–Kier alpha value is -3.98. The van der Waals surface area contributed by atoms with E-state index in [0.717, 1.165) is 5.56 Å². The maximum absolute atomic E-state index is 13.2. The molecule has 1 atom stereocenters. The van der Waals surface area contributed by atoms with Crippen LogP contribution in [0.25, 0.3) is 6.08 Å². The molecule has 2 aromatic carbocycles. The number of benzene rings is 2. The summed E-state index contributed by atoms with van der Waals surface area (Å²) in [4.78, 5) is 27.6. The lowest BCUT2D eigenvalue weighted by molar-refractivity contribution is -0.117. The molecule has 0 fully saturated rings. The van der Waals surface area contributed by atoms with E-state index in [9.17, 15) is 14.7 Å². The van der Waals surface area contributed by atoms with Gasteiger partial charge in [0.15, 0.2) is 23.0 Å². The van der Waals surface area contributed by atoms with Crippen LogP contribution in [0.5, 0.6) is 11.5 Å². The summed E-state index contributed by atoms with van der Waals surface area (Å²) in [5.41, 5.74) is 1.32. The van der Waals surface area contributed by atoms with Gasteiger partial charge in [-0.15, -0.1) is 10.2 Å². The molecule has 1 unspecified atom stereocenters. The molecule has 4 rings (SSSR count). The molecule has 3 aromatic rings. The van der Waals surface area contributed by atoms with Gasteiger partial charge in [-0.2, -0.15) is 0 Å². The number of methoxy groups -OCH3 is 2. The van der Waals surface area contributed by atoms with Crippen LogP contribution in [0.1, 0.15) is 22.2 Å². The average Bonchev–Trinajstić information content (AvgIpc) is 3.38. The van der Waals surface area contributed by atoms with Crippen LogP contribution in [0.15, 0.2) is 65.9 Å². The minimum Gasteiger partial charge on any atom is -0.503 e. The number of aliphatic hydroxyl groups excluding tert-OH is 1. The Morgan fingerprint density at radius 2 is 1.82 bits per heavy atom. The van der Waals surface area contributed by atoms with Crippen molar-refractivity contribution in [2.24, 2.45) is 0 Å². The summed E-state index contributed by atoms with van der Waals surface area (Å²) in [6, 6.07) is 13.4. The van der Waals surface area contributed by atoms with Gasteiger partial charge in [-0.1, -0.05) is 53.8 Å². The number of hydrogen-bond donors (Lipinski definition) is 1. The molecular formula is C24H21N3O5S. The summed E-state index contributed by atoms with van der Waals surface area (Å²) < 4.78 is 10.7. The number of ether oxygens (including phenoxy) is 2. The Balaban J connectivity index is 1.81. The first-order valence-corrected chi connectivity index (χ1v) is 10.8. The average molecular weight is 464 g/mol. The van der Waals surface area contributed by atoms with Gasteiger partial charge in [0.1, 0.15) is 5.01 Å². The number of aromatic nitrogens is 2. The van der Waals surface area contributed by atoms with Crippen molar-refractivity contribution < 1.29 is 24.2 Å². The number of aryl methyl sites for hydroxylation is 1. The maximum atomic E-state index is 13.2. The minimum absolute atomic E-state index is 0.0488. The van der Waals surface area contributed by atoms with E-state index in [1.807, 2.05) is 30.3 Å². The van der Waals surface area contributed by atoms with E-state index in [1.165, 1.54) is 36.5 Å². The summed E-state index contributed by atoms with van der Waals surface area (Å²) in [6.07, 6.45) is 2.98. The highest BCUT2D eigenvalue weighted by molar-refractivity contribution is 7.15. The van der Waals surface area contributed by atoms with Crippen LogP contribution < -0.4 is 14.4 Å². The summed E-state index contributed by atoms with van der Waals surface area (Å²) in [7, 11) is 3.01. The SMILES string of the molecule is COc1ccc(C2C(C(=O)C=Cc3ccccc3)=C(O)C(=O)N2c2nnc(C)s2)cc1OC. The fourth-order valence-electron chi connectivity index (χ4n) is 3.60. The van der Waals surface area contributed by atoms with Gasteiger partial charge < -0.3 is 14.6 Å².